The molecule has 0 spiro atoms. The summed E-state index contributed by atoms with van der Waals surface area (Å²) in [6.07, 6.45) is 5.48. The van der Waals surface area contributed by atoms with E-state index in [4.69, 9.17) is 0 Å². The number of rotatable bonds is 7. The zero-order valence-electron chi connectivity index (χ0n) is 14.7. The number of hydrogen-bond acceptors (Lipinski definition) is 4. The first kappa shape index (κ1) is 17.6. The highest BCUT2D eigenvalue weighted by Crippen LogP contribution is 2.21. The molecular weight excluding hydrogens is 338 g/mol. The van der Waals surface area contributed by atoms with Crippen molar-refractivity contribution in [3.8, 4) is 0 Å². The molecule has 0 saturated carbocycles. The number of aromatic nitrogens is 4. The molecule has 7 nitrogen and oxygen atoms in total. The third-order valence-corrected chi connectivity index (χ3v) is 5.92. The molecule has 3 heterocycles. The fourth-order valence-electron chi connectivity index (χ4n) is 3.13. The first-order chi connectivity index (χ1) is 11.9. The monoisotopic (exact) mass is 361 g/mol. The maximum absolute atomic E-state index is 12.5. The summed E-state index contributed by atoms with van der Waals surface area (Å²) in [4.78, 5) is 4.69. The molecule has 8 heteroatoms. The highest BCUT2D eigenvalue weighted by atomic mass is 32.2. The minimum Gasteiger partial charge on any atom is -0.332 e. The summed E-state index contributed by atoms with van der Waals surface area (Å²) >= 11 is 0. The molecule has 134 valence electrons. The lowest BCUT2D eigenvalue weighted by molar-refractivity contribution is 0.580. The van der Waals surface area contributed by atoms with Crippen LogP contribution in [0.2, 0.25) is 0 Å². The van der Waals surface area contributed by atoms with Gasteiger partial charge in [-0.25, -0.2) is 18.1 Å². The molecule has 0 aliphatic rings. The van der Waals surface area contributed by atoms with Crippen LogP contribution in [0.1, 0.15) is 30.3 Å². The van der Waals surface area contributed by atoms with Crippen molar-refractivity contribution in [2.24, 2.45) is 0 Å². The zero-order valence-corrected chi connectivity index (χ0v) is 15.5. The first-order valence-corrected chi connectivity index (χ1v) is 9.86. The minimum absolute atomic E-state index is 0.238. The van der Waals surface area contributed by atoms with Crippen LogP contribution in [0.4, 0.5) is 0 Å². The molecule has 25 heavy (non-hydrogen) atoms. The number of hydrogen-bond donors (Lipinski definition) is 2. The van der Waals surface area contributed by atoms with E-state index in [1.54, 1.807) is 20.0 Å². The van der Waals surface area contributed by atoms with Crippen LogP contribution in [0.3, 0.4) is 0 Å². The Morgan fingerprint density at radius 3 is 2.80 bits per heavy atom. The molecule has 3 aromatic rings. The summed E-state index contributed by atoms with van der Waals surface area (Å²) < 4.78 is 29.8. The summed E-state index contributed by atoms with van der Waals surface area (Å²) in [5, 5.41) is 7.74. The standard InChI is InChI=1S/C17H23N5O2S/c1-4-10-22-11-14(15-6-5-8-18-17(15)22)7-9-19-25(23,24)16-12(2)20-21-13(16)3/h5-6,8,11,19H,4,7,9-10H2,1-3H3,(H,20,21). The van der Waals surface area contributed by atoms with Crippen molar-refractivity contribution in [3.05, 3.63) is 41.5 Å². The van der Waals surface area contributed by atoms with Crippen LogP contribution in [0.25, 0.3) is 11.0 Å². The Balaban J connectivity index is 1.77. The molecule has 0 radical (unpaired) electrons. The van der Waals surface area contributed by atoms with Crippen molar-refractivity contribution in [2.75, 3.05) is 6.54 Å². The van der Waals surface area contributed by atoms with E-state index in [-0.39, 0.29) is 4.90 Å². The van der Waals surface area contributed by atoms with Crippen molar-refractivity contribution in [1.29, 1.82) is 0 Å². The lowest BCUT2D eigenvalue weighted by Crippen LogP contribution is -2.26. The van der Waals surface area contributed by atoms with Gasteiger partial charge in [-0.1, -0.05) is 6.92 Å². The fourth-order valence-corrected chi connectivity index (χ4v) is 4.53. The van der Waals surface area contributed by atoms with Crippen LogP contribution in [0.15, 0.2) is 29.4 Å². The van der Waals surface area contributed by atoms with Gasteiger partial charge in [0.15, 0.2) is 0 Å². The number of pyridine rings is 1. The molecule has 0 amide bonds. The SMILES string of the molecule is CCCn1cc(CCNS(=O)(=O)c2c(C)n[nH]c2C)c2cccnc21. The number of H-pyrrole nitrogens is 1. The van der Waals surface area contributed by atoms with Gasteiger partial charge in [0.25, 0.3) is 0 Å². The second kappa shape index (κ2) is 6.97. The molecule has 0 unspecified atom stereocenters. The van der Waals surface area contributed by atoms with E-state index in [0.29, 0.717) is 24.4 Å². The van der Waals surface area contributed by atoms with Gasteiger partial charge in [-0.05, 0) is 44.4 Å². The Morgan fingerprint density at radius 2 is 2.12 bits per heavy atom. The summed E-state index contributed by atoms with van der Waals surface area (Å²) in [6.45, 7) is 6.73. The van der Waals surface area contributed by atoms with Crippen LogP contribution in [0.5, 0.6) is 0 Å². The van der Waals surface area contributed by atoms with Crippen LogP contribution < -0.4 is 4.72 Å². The quantitative estimate of drug-likeness (QED) is 0.675. The van der Waals surface area contributed by atoms with Gasteiger partial charge in [-0.3, -0.25) is 5.10 Å². The molecule has 0 atom stereocenters. The fraction of sp³-hybridized carbons (Fsp3) is 0.412. The van der Waals surface area contributed by atoms with Crippen molar-refractivity contribution in [3.63, 3.8) is 0 Å². The normalized spacial score (nSPS) is 12.1. The van der Waals surface area contributed by atoms with E-state index in [0.717, 1.165) is 29.6 Å². The van der Waals surface area contributed by atoms with E-state index in [2.05, 4.69) is 37.6 Å². The predicted octanol–water partition coefficient (Wildman–Crippen LogP) is 2.31. The zero-order chi connectivity index (χ0) is 18.0. The van der Waals surface area contributed by atoms with Crippen LogP contribution >= 0.6 is 0 Å². The van der Waals surface area contributed by atoms with Gasteiger partial charge in [-0.15, -0.1) is 0 Å². The summed E-state index contributed by atoms with van der Waals surface area (Å²) in [7, 11) is -3.57. The largest absolute Gasteiger partial charge is 0.332 e. The van der Waals surface area contributed by atoms with E-state index in [1.165, 1.54) is 0 Å². The van der Waals surface area contributed by atoms with E-state index >= 15 is 0 Å². The number of fused-ring (bicyclic) bond motifs is 1. The molecule has 0 saturated heterocycles. The lowest BCUT2D eigenvalue weighted by atomic mass is 10.2. The summed E-state index contributed by atoms with van der Waals surface area (Å²) in [5.74, 6) is 0. The van der Waals surface area contributed by atoms with E-state index in [9.17, 15) is 8.42 Å². The molecule has 0 bridgehead atoms. The minimum atomic E-state index is -3.57. The van der Waals surface area contributed by atoms with E-state index < -0.39 is 10.0 Å². The summed E-state index contributed by atoms with van der Waals surface area (Å²) in [5.41, 5.74) is 3.08. The number of sulfonamides is 1. The molecule has 0 aromatic carbocycles. The second-order valence-corrected chi connectivity index (χ2v) is 7.84. The number of aryl methyl sites for hydroxylation is 3. The van der Waals surface area contributed by atoms with Gasteiger partial charge >= 0.3 is 0 Å². The third kappa shape index (κ3) is 3.45. The van der Waals surface area contributed by atoms with Gasteiger partial charge in [-0.2, -0.15) is 5.10 Å². The predicted molar refractivity (Wildman–Crippen MR) is 97.0 cm³/mol. The van der Waals surface area contributed by atoms with Crippen molar-refractivity contribution < 1.29 is 8.42 Å². The number of aromatic amines is 1. The molecule has 0 aliphatic heterocycles. The molecule has 3 aromatic heterocycles. The number of nitrogens with one attached hydrogen (secondary N) is 2. The molecule has 2 N–H and O–H groups in total. The highest BCUT2D eigenvalue weighted by molar-refractivity contribution is 7.89. The lowest BCUT2D eigenvalue weighted by Gasteiger charge is -2.06. The average molecular weight is 361 g/mol. The van der Waals surface area contributed by atoms with Gasteiger partial charge < -0.3 is 4.57 Å². The maximum Gasteiger partial charge on any atom is 0.244 e. The molecule has 0 aliphatic carbocycles. The van der Waals surface area contributed by atoms with Crippen molar-refractivity contribution in [1.82, 2.24) is 24.5 Å². The topological polar surface area (TPSA) is 92.7 Å². The van der Waals surface area contributed by atoms with Gasteiger partial charge in [0.05, 0.1) is 11.4 Å². The van der Waals surface area contributed by atoms with Crippen molar-refractivity contribution >= 4 is 21.1 Å². The molecular formula is C17H23N5O2S. The Bertz CT molecular complexity index is 968. The van der Waals surface area contributed by atoms with Crippen molar-refractivity contribution in [2.45, 2.75) is 45.1 Å². The van der Waals surface area contributed by atoms with Gasteiger partial charge in [0.1, 0.15) is 10.5 Å². The maximum atomic E-state index is 12.5. The highest BCUT2D eigenvalue weighted by Gasteiger charge is 2.21. The molecule has 0 fully saturated rings. The Labute approximate surface area is 147 Å². The molecule has 3 rings (SSSR count). The third-order valence-electron chi connectivity index (χ3n) is 4.20. The van der Waals surface area contributed by atoms with Gasteiger partial charge in [0, 0.05) is 30.9 Å². The van der Waals surface area contributed by atoms with E-state index in [1.807, 2.05) is 12.1 Å². The Kier molecular flexibility index (Phi) is 4.91. The Morgan fingerprint density at radius 1 is 1.32 bits per heavy atom. The number of nitrogens with zero attached hydrogens (tertiary/aromatic N) is 3. The van der Waals surface area contributed by atoms with Crippen LogP contribution in [0, 0.1) is 13.8 Å². The second-order valence-electron chi connectivity index (χ2n) is 6.13. The Hall–Kier alpha value is -2.19. The summed E-state index contributed by atoms with van der Waals surface area (Å²) in [6, 6.07) is 3.94. The first-order valence-electron chi connectivity index (χ1n) is 8.38. The van der Waals surface area contributed by atoms with Gasteiger partial charge in [0.2, 0.25) is 10.0 Å². The smallest absolute Gasteiger partial charge is 0.244 e. The average Bonchev–Trinajstić information content (AvgIpc) is 3.09. The van der Waals surface area contributed by atoms with Crippen LogP contribution in [-0.4, -0.2) is 34.7 Å². The van der Waals surface area contributed by atoms with Crippen LogP contribution in [-0.2, 0) is 23.0 Å².